The summed E-state index contributed by atoms with van der Waals surface area (Å²) in [5, 5.41) is 6.09. The van der Waals surface area contributed by atoms with Crippen molar-refractivity contribution >= 4 is 11.7 Å². The number of nitrogens with zero attached hydrogens (tertiary/aromatic N) is 2. The van der Waals surface area contributed by atoms with Crippen LogP contribution < -0.4 is 10.6 Å². The Balaban J connectivity index is 1.45. The van der Waals surface area contributed by atoms with E-state index in [1.54, 1.807) is 0 Å². The van der Waals surface area contributed by atoms with Gasteiger partial charge in [0, 0.05) is 43.8 Å². The molecule has 2 amide bonds. The van der Waals surface area contributed by atoms with Crippen molar-refractivity contribution in [3.8, 4) is 0 Å². The number of aromatic nitrogens is 1. The number of hydrogen-bond donors (Lipinski definition) is 2. The largest absolute Gasteiger partial charge is 0.335 e. The fourth-order valence-corrected chi connectivity index (χ4v) is 3.20. The molecule has 1 aromatic heterocycles. The van der Waals surface area contributed by atoms with Gasteiger partial charge >= 0.3 is 6.03 Å². The molecule has 2 aromatic rings. The minimum atomic E-state index is -0.110. The summed E-state index contributed by atoms with van der Waals surface area (Å²) in [7, 11) is 0. The van der Waals surface area contributed by atoms with E-state index in [2.05, 4.69) is 38.7 Å². The fourth-order valence-electron chi connectivity index (χ4n) is 3.20. The molecule has 0 saturated carbocycles. The summed E-state index contributed by atoms with van der Waals surface area (Å²) in [5.74, 6) is 0. The SMILES string of the molecule is Cc1ccc(C)c(NC(=O)NC2CCN(Cc3ccncc3)CC2)c1. The minimum Gasteiger partial charge on any atom is -0.335 e. The van der Waals surface area contributed by atoms with E-state index in [1.807, 2.05) is 38.4 Å². The van der Waals surface area contributed by atoms with E-state index in [9.17, 15) is 4.79 Å². The standard InChI is InChI=1S/C20H26N4O/c1-15-3-4-16(2)19(13-15)23-20(25)22-18-7-11-24(12-8-18)14-17-5-9-21-10-6-17/h3-6,9-10,13,18H,7-8,11-12,14H2,1-2H3,(H2,22,23,25). The Morgan fingerprint density at radius 2 is 1.88 bits per heavy atom. The van der Waals surface area contributed by atoms with E-state index in [4.69, 9.17) is 0 Å². The van der Waals surface area contributed by atoms with Gasteiger partial charge in [-0.2, -0.15) is 0 Å². The van der Waals surface area contributed by atoms with Crippen LogP contribution in [0.5, 0.6) is 0 Å². The summed E-state index contributed by atoms with van der Waals surface area (Å²) in [6.45, 7) is 6.98. The van der Waals surface area contributed by atoms with Crippen molar-refractivity contribution in [2.75, 3.05) is 18.4 Å². The zero-order valence-electron chi connectivity index (χ0n) is 15.0. The minimum absolute atomic E-state index is 0.110. The van der Waals surface area contributed by atoms with Crippen molar-refractivity contribution in [2.45, 2.75) is 39.3 Å². The maximum Gasteiger partial charge on any atom is 0.319 e. The summed E-state index contributed by atoms with van der Waals surface area (Å²) >= 11 is 0. The molecule has 0 radical (unpaired) electrons. The highest BCUT2D eigenvalue weighted by molar-refractivity contribution is 5.90. The average Bonchev–Trinajstić information content (AvgIpc) is 2.61. The summed E-state index contributed by atoms with van der Waals surface area (Å²) in [4.78, 5) is 18.8. The second-order valence-corrected chi connectivity index (χ2v) is 6.82. The van der Waals surface area contributed by atoms with Crippen LogP contribution in [0.2, 0.25) is 0 Å². The van der Waals surface area contributed by atoms with Gasteiger partial charge in [0.15, 0.2) is 0 Å². The predicted octanol–water partition coefficient (Wildman–Crippen LogP) is 3.48. The number of carbonyl (C=O) groups is 1. The summed E-state index contributed by atoms with van der Waals surface area (Å²) in [6.07, 6.45) is 5.62. The van der Waals surface area contributed by atoms with Crippen LogP contribution in [0.3, 0.4) is 0 Å². The molecule has 1 aliphatic rings. The quantitative estimate of drug-likeness (QED) is 0.897. The van der Waals surface area contributed by atoms with Crippen LogP contribution in [0.15, 0.2) is 42.7 Å². The Morgan fingerprint density at radius 1 is 1.16 bits per heavy atom. The van der Waals surface area contributed by atoms with Gasteiger partial charge in [0.25, 0.3) is 0 Å². The molecule has 5 heteroatoms. The van der Waals surface area contributed by atoms with Crippen molar-refractivity contribution < 1.29 is 4.79 Å². The monoisotopic (exact) mass is 338 g/mol. The Morgan fingerprint density at radius 3 is 2.60 bits per heavy atom. The average molecular weight is 338 g/mol. The molecule has 0 aliphatic carbocycles. The smallest absolute Gasteiger partial charge is 0.319 e. The second-order valence-electron chi connectivity index (χ2n) is 6.82. The number of aryl methyl sites for hydroxylation is 2. The number of hydrogen-bond acceptors (Lipinski definition) is 3. The summed E-state index contributed by atoms with van der Waals surface area (Å²) in [5.41, 5.74) is 4.39. The highest BCUT2D eigenvalue weighted by atomic mass is 16.2. The zero-order valence-corrected chi connectivity index (χ0v) is 15.0. The number of rotatable bonds is 4. The molecular formula is C20H26N4O. The third-order valence-electron chi connectivity index (χ3n) is 4.72. The third kappa shape index (κ3) is 5.03. The van der Waals surface area contributed by atoms with Crippen molar-refractivity contribution in [3.63, 3.8) is 0 Å². The lowest BCUT2D eigenvalue weighted by Gasteiger charge is -2.32. The number of likely N-dealkylation sites (tertiary alicyclic amines) is 1. The van der Waals surface area contributed by atoms with Gasteiger partial charge in [-0.3, -0.25) is 9.88 Å². The highest BCUT2D eigenvalue weighted by Gasteiger charge is 2.20. The van der Waals surface area contributed by atoms with E-state index in [0.717, 1.165) is 49.3 Å². The molecule has 2 heterocycles. The fraction of sp³-hybridized carbons (Fsp3) is 0.400. The maximum atomic E-state index is 12.3. The van der Waals surface area contributed by atoms with Gasteiger partial charge in [0.2, 0.25) is 0 Å². The van der Waals surface area contributed by atoms with E-state index < -0.39 is 0 Å². The molecule has 0 bridgehead atoms. The second kappa shape index (κ2) is 8.12. The van der Waals surface area contributed by atoms with Crippen molar-refractivity contribution in [1.82, 2.24) is 15.2 Å². The summed E-state index contributed by atoms with van der Waals surface area (Å²) < 4.78 is 0. The van der Waals surface area contributed by atoms with Crippen LogP contribution in [0, 0.1) is 13.8 Å². The van der Waals surface area contributed by atoms with Gasteiger partial charge in [0.1, 0.15) is 0 Å². The van der Waals surface area contributed by atoms with Crippen LogP contribution in [-0.4, -0.2) is 35.0 Å². The molecule has 3 rings (SSSR count). The van der Waals surface area contributed by atoms with E-state index in [0.29, 0.717) is 0 Å². The Bertz CT molecular complexity index is 709. The van der Waals surface area contributed by atoms with Gasteiger partial charge < -0.3 is 10.6 Å². The van der Waals surface area contributed by atoms with E-state index in [-0.39, 0.29) is 12.1 Å². The third-order valence-corrected chi connectivity index (χ3v) is 4.72. The number of nitrogens with one attached hydrogen (secondary N) is 2. The number of carbonyl (C=O) groups excluding carboxylic acids is 1. The predicted molar refractivity (Wildman–Crippen MR) is 101 cm³/mol. The molecule has 1 fully saturated rings. The molecule has 25 heavy (non-hydrogen) atoms. The van der Waals surface area contributed by atoms with Gasteiger partial charge in [-0.25, -0.2) is 4.79 Å². The molecule has 5 nitrogen and oxygen atoms in total. The highest BCUT2D eigenvalue weighted by Crippen LogP contribution is 2.17. The Labute approximate surface area is 149 Å². The van der Waals surface area contributed by atoms with Crippen molar-refractivity contribution in [1.29, 1.82) is 0 Å². The lowest BCUT2D eigenvalue weighted by molar-refractivity contribution is 0.190. The zero-order chi connectivity index (χ0) is 17.6. The van der Waals surface area contributed by atoms with Crippen LogP contribution >= 0.6 is 0 Å². The van der Waals surface area contributed by atoms with Gasteiger partial charge in [0.05, 0.1) is 0 Å². The molecule has 0 unspecified atom stereocenters. The number of piperidine rings is 1. The van der Waals surface area contributed by atoms with Crippen LogP contribution in [0.25, 0.3) is 0 Å². The Kier molecular flexibility index (Phi) is 5.66. The molecule has 0 atom stereocenters. The molecular weight excluding hydrogens is 312 g/mol. The molecule has 2 N–H and O–H groups in total. The van der Waals surface area contributed by atoms with Gasteiger partial charge in [-0.1, -0.05) is 12.1 Å². The topological polar surface area (TPSA) is 57.3 Å². The first-order valence-corrected chi connectivity index (χ1v) is 8.86. The van der Waals surface area contributed by atoms with E-state index >= 15 is 0 Å². The lowest BCUT2D eigenvalue weighted by atomic mass is 10.0. The van der Waals surface area contributed by atoms with E-state index in [1.165, 1.54) is 5.56 Å². The number of urea groups is 1. The maximum absolute atomic E-state index is 12.3. The van der Waals surface area contributed by atoms with Crippen molar-refractivity contribution in [3.05, 3.63) is 59.4 Å². The van der Waals surface area contributed by atoms with Crippen LogP contribution in [0.1, 0.15) is 29.5 Å². The Hall–Kier alpha value is -2.40. The normalized spacial score (nSPS) is 15.8. The first-order valence-electron chi connectivity index (χ1n) is 8.86. The van der Waals surface area contributed by atoms with Gasteiger partial charge in [-0.05, 0) is 61.6 Å². The molecule has 1 aromatic carbocycles. The summed E-state index contributed by atoms with van der Waals surface area (Å²) in [6, 6.07) is 10.3. The first-order chi connectivity index (χ1) is 12.1. The number of amides is 2. The number of benzene rings is 1. The van der Waals surface area contributed by atoms with Crippen molar-refractivity contribution in [2.24, 2.45) is 0 Å². The first kappa shape index (κ1) is 17.4. The molecule has 0 spiro atoms. The molecule has 1 saturated heterocycles. The number of pyridine rings is 1. The number of anilines is 1. The lowest BCUT2D eigenvalue weighted by Crippen LogP contribution is -2.45. The van der Waals surface area contributed by atoms with Crippen LogP contribution in [0.4, 0.5) is 10.5 Å². The molecule has 132 valence electrons. The molecule has 1 aliphatic heterocycles. The van der Waals surface area contributed by atoms with Gasteiger partial charge in [-0.15, -0.1) is 0 Å². The van der Waals surface area contributed by atoms with Crippen LogP contribution in [-0.2, 0) is 6.54 Å².